The Morgan fingerprint density at radius 3 is 2.69 bits per heavy atom. The third-order valence-electron chi connectivity index (χ3n) is 4.82. The van der Waals surface area contributed by atoms with Crippen molar-refractivity contribution in [3.8, 4) is 23.3 Å². The zero-order chi connectivity index (χ0) is 25.7. The second-order valence-electron chi connectivity index (χ2n) is 7.25. The number of aliphatic imine (C=N–C) groups is 1. The molecule has 1 aliphatic heterocycles. The molecule has 2 heterocycles. The summed E-state index contributed by atoms with van der Waals surface area (Å²) in [5.74, 6) is -0.700. The van der Waals surface area contributed by atoms with Gasteiger partial charge in [0.1, 0.15) is 18.4 Å². The third-order valence-corrected chi connectivity index (χ3v) is 5.76. The van der Waals surface area contributed by atoms with Gasteiger partial charge >= 0.3 is 6.18 Å². The second kappa shape index (κ2) is 10.5. The maximum Gasteiger partial charge on any atom is 0.420 e. The number of carbonyl (C=O) groups is 1. The predicted octanol–water partition coefficient (Wildman–Crippen LogP) is 4.23. The molecule has 3 aromatic rings. The Bertz CT molecular complexity index is 1380. The first-order valence-corrected chi connectivity index (χ1v) is 11.1. The molecule has 0 unspecified atom stereocenters. The zero-order valence-electron chi connectivity index (χ0n) is 18.6. The van der Waals surface area contributed by atoms with Crippen molar-refractivity contribution in [2.24, 2.45) is 4.99 Å². The van der Waals surface area contributed by atoms with Crippen molar-refractivity contribution in [1.29, 1.82) is 5.26 Å². The first-order valence-electron chi connectivity index (χ1n) is 10.3. The van der Waals surface area contributed by atoms with Crippen molar-refractivity contribution < 1.29 is 27.4 Å². The van der Waals surface area contributed by atoms with E-state index >= 15 is 0 Å². The van der Waals surface area contributed by atoms with Gasteiger partial charge in [-0.2, -0.15) is 28.5 Å². The van der Waals surface area contributed by atoms with Gasteiger partial charge in [-0.05, 0) is 53.7 Å². The highest BCUT2D eigenvalue weighted by molar-refractivity contribution is 8.18. The fourth-order valence-corrected chi connectivity index (χ4v) is 3.99. The van der Waals surface area contributed by atoms with E-state index in [1.54, 1.807) is 29.2 Å². The Morgan fingerprint density at radius 1 is 1.19 bits per heavy atom. The normalized spacial score (nSPS) is 14.5. The van der Waals surface area contributed by atoms with E-state index in [1.165, 1.54) is 31.6 Å². The molecule has 0 aliphatic carbocycles. The average molecular weight is 514 g/mol. The quantitative estimate of drug-likeness (QED) is 0.466. The van der Waals surface area contributed by atoms with E-state index in [-0.39, 0.29) is 17.1 Å². The van der Waals surface area contributed by atoms with Gasteiger partial charge in [-0.3, -0.25) is 9.48 Å². The highest BCUT2D eigenvalue weighted by Crippen LogP contribution is 2.41. The summed E-state index contributed by atoms with van der Waals surface area (Å²) >= 11 is 1.16. The summed E-state index contributed by atoms with van der Waals surface area (Å²) in [6.07, 6.45) is -0.122. The van der Waals surface area contributed by atoms with Crippen LogP contribution in [0.3, 0.4) is 0 Å². The predicted molar refractivity (Wildman–Crippen MR) is 125 cm³/mol. The number of hydrogen-bond acceptors (Lipinski definition) is 8. The number of hydrogen-bond donors (Lipinski definition) is 1. The molecule has 0 saturated heterocycles. The fourth-order valence-electron chi connectivity index (χ4n) is 3.15. The number of halogens is 3. The van der Waals surface area contributed by atoms with Gasteiger partial charge in [0.25, 0.3) is 5.91 Å². The van der Waals surface area contributed by atoms with Gasteiger partial charge in [0, 0.05) is 6.54 Å². The number of nitrogens with zero attached hydrogens (tertiary/aromatic N) is 5. The molecular weight excluding hydrogens is 497 g/mol. The van der Waals surface area contributed by atoms with Crippen LogP contribution in [0.5, 0.6) is 17.2 Å². The van der Waals surface area contributed by atoms with Gasteiger partial charge in [-0.15, -0.1) is 0 Å². The zero-order valence-corrected chi connectivity index (χ0v) is 19.4. The highest BCUT2D eigenvalue weighted by atomic mass is 32.2. The molecule has 9 nitrogen and oxygen atoms in total. The van der Waals surface area contributed by atoms with Crippen LogP contribution in [0.25, 0.3) is 6.08 Å². The first kappa shape index (κ1) is 24.8. The minimum Gasteiger partial charge on any atom is -0.493 e. The molecule has 0 saturated carbocycles. The van der Waals surface area contributed by atoms with Crippen LogP contribution in [-0.2, 0) is 17.5 Å². The summed E-state index contributed by atoms with van der Waals surface area (Å²) in [6, 6.07) is 9.26. The van der Waals surface area contributed by atoms with Crippen LogP contribution < -0.4 is 14.8 Å². The molecule has 0 bridgehead atoms. The van der Waals surface area contributed by atoms with Crippen molar-refractivity contribution in [2.75, 3.05) is 13.7 Å². The molecule has 2 aromatic carbocycles. The topological polar surface area (TPSA) is 114 Å². The van der Waals surface area contributed by atoms with Crippen LogP contribution in [0.2, 0.25) is 0 Å². The van der Waals surface area contributed by atoms with Crippen LogP contribution in [0.1, 0.15) is 16.7 Å². The Labute approximate surface area is 207 Å². The van der Waals surface area contributed by atoms with Gasteiger partial charge in [-0.25, -0.2) is 4.98 Å². The molecule has 4 rings (SSSR count). The summed E-state index contributed by atoms with van der Waals surface area (Å²) in [6.45, 7) is 1.03. The molecular formula is C23H17F3N6O3S. The Morgan fingerprint density at radius 2 is 2.00 bits per heavy atom. The molecule has 0 fully saturated rings. The molecule has 0 radical (unpaired) electrons. The van der Waals surface area contributed by atoms with Gasteiger partial charge in [0.2, 0.25) is 0 Å². The van der Waals surface area contributed by atoms with Gasteiger partial charge in [0.15, 0.2) is 16.7 Å². The monoisotopic (exact) mass is 514 g/mol. The van der Waals surface area contributed by atoms with E-state index in [1.807, 2.05) is 0 Å². The molecule has 13 heteroatoms. The molecule has 1 aliphatic rings. The van der Waals surface area contributed by atoms with E-state index in [4.69, 9.17) is 14.7 Å². The van der Waals surface area contributed by atoms with Crippen LogP contribution in [0.15, 0.2) is 59.0 Å². The molecule has 184 valence electrons. The van der Waals surface area contributed by atoms with Crippen LogP contribution in [0, 0.1) is 11.3 Å². The number of nitrogens with one attached hydrogen (secondary N) is 1. The van der Waals surface area contributed by atoms with E-state index in [0.717, 1.165) is 23.9 Å². The van der Waals surface area contributed by atoms with Crippen LogP contribution in [-0.4, -0.2) is 39.5 Å². The second-order valence-corrected chi connectivity index (χ2v) is 8.28. The van der Waals surface area contributed by atoms with Gasteiger partial charge in [-0.1, -0.05) is 6.07 Å². The van der Waals surface area contributed by atoms with Gasteiger partial charge < -0.3 is 14.8 Å². The van der Waals surface area contributed by atoms with Crippen molar-refractivity contribution in [2.45, 2.75) is 12.7 Å². The molecule has 1 N–H and O–H groups in total. The lowest BCUT2D eigenvalue weighted by molar-refractivity contribution is -0.138. The molecule has 1 aromatic heterocycles. The maximum atomic E-state index is 13.5. The maximum absolute atomic E-state index is 13.5. The number of methoxy groups -OCH3 is 1. The summed E-state index contributed by atoms with van der Waals surface area (Å²) < 4.78 is 52.9. The number of rotatable bonds is 7. The number of thioether (sulfide) groups is 1. The number of amides is 1. The number of ether oxygens (including phenoxy) is 2. The first-order chi connectivity index (χ1) is 17.3. The Balaban J connectivity index is 1.48. The highest BCUT2D eigenvalue weighted by Gasteiger charge is 2.35. The van der Waals surface area contributed by atoms with Crippen molar-refractivity contribution >= 4 is 28.9 Å². The largest absolute Gasteiger partial charge is 0.493 e. The summed E-state index contributed by atoms with van der Waals surface area (Å²) in [4.78, 5) is 20.5. The van der Waals surface area contributed by atoms with E-state index in [9.17, 15) is 18.0 Å². The number of benzene rings is 2. The molecule has 1 amide bonds. The average Bonchev–Trinajstić information content (AvgIpc) is 3.49. The minimum atomic E-state index is -4.72. The van der Waals surface area contributed by atoms with Crippen molar-refractivity contribution in [3.05, 3.63) is 70.6 Å². The lowest BCUT2D eigenvalue weighted by atomic mass is 10.1. The number of carbonyl (C=O) groups excluding carboxylic acids is 1. The summed E-state index contributed by atoms with van der Waals surface area (Å²) in [7, 11) is 1.35. The smallest absolute Gasteiger partial charge is 0.420 e. The lowest BCUT2D eigenvalue weighted by Gasteiger charge is -2.16. The van der Waals surface area contributed by atoms with Gasteiger partial charge in [0.05, 0.1) is 35.8 Å². The van der Waals surface area contributed by atoms with Crippen molar-refractivity contribution in [1.82, 2.24) is 20.1 Å². The standard InChI is InChI=1S/C23H17F3N6O3S/c1-34-19-9-14(10-20-21(33)31-22(36-20)29-6-7-32-13-28-12-30-32)2-5-18(19)35-17-4-3-15(11-27)8-16(17)23(24,25)26/h2-5,8-10,12-13H,6-7H2,1H3,(H,29,31,33). The van der Waals surface area contributed by atoms with E-state index in [2.05, 4.69) is 20.4 Å². The third kappa shape index (κ3) is 5.84. The van der Waals surface area contributed by atoms with E-state index in [0.29, 0.717) is 28.7 Å². The molecule has 0 atom stereocenters. The summed E-state index contributed by atoms with van der Waals surface area (Å²) in [5.41, 5.74) is -0.662. The van der Waals surface area contributed by atoms with Crippen molar-refractivity contribution in [3.63, 3.8) is 0 Å². The SMILES string of the molecule is COc1cc(C=C2SC(NCCn3cncn3)=NC2=O)ccc1Oc1ccc(C#N)cc1C(F)(F)F. The molecule has 0 spiro atoms. The lowest BCUT2D eigenvalue weighted by Crippen LogP contribution is -2.24. The Kier molecular flexibility index (Phi) is 7.25. The summed E-state index contributed by atoms with van der Waals surface area (Å²) in [5, 5.41) is 16.4. The Hall–Kier alpha value is -4.31. The number of nitriles is 1. The number of amidine groups is 1. The van der Waals surface area contributed by atoms with Crippen LogP contribution in [0.4, 0.5) is 13.2 Å². The number of alkyl halides is 3. The van der Waals surface area contributed by atoms with Crippen LogP contribution >= 0.6 is 11.8 Å². The minimum absolute atomic E-state index is 0.0342. The van der Waals surface area contributed by atoms with E-state index < -0.39 is 23.4 Å². The molecule has 36 heavy (non-hydrogen) atoms. The number of aromatic nitrogens is 3. The fraction of sp³-hybridized carbons (Fsp3) is 0.174.